The highest BCUT2D eigenvalue weighted by Crippen LogP contribution is 2.34. The van der Waals surface area contributed by atoms with Crippen LogP contribution in [0.15, 0.2) is 53.4 Å². The maximum atomic E-state index is 14.0. The van der Waals surface area contributed by atoms with Crippen molar-refractivity contribution in [3.05, 3.63) is 71.0 Å². The highest BCUT2D eigenvalue weighted by molar-refractivity contribution is 7.89. The molecular formula is C30H39N5O3S2. The molecule has 0 aliphatic carbocycles. The summed E-state index contributed by atoms with van der Waals surface area (Å²) in [5.41, 5.74) is 4.41. The number of fused-ring (bicyclic) bond motifs is 1. The molecule has 2 aromatic heterocycles. The van der Waals surface area contributed by atoms with Gasteiger partial charge in [-0.15, -0.1) is 0 Å². The Hall–Kier alpha value is -3.08. The molecule has 214 valence electrons. The molecular weight excluding hydrogens is 542 g/mol. The summed E-state index contributed by atoms with van der Waals surface area (Å²) in [4.78, 5) is 20.8. The zero-order chi connectivity index (χ0) is 29.0. The van der Waals surface area contributed by atoms with Crippen LogP contribution in [-0.4, -0.2) is 53.0 Å². The van der Waals surface area contributed by atoms with Crippen molar-refractivity contribution in [3.63, 3.8) is 0 Å². The summed E-state index contributed by atoms with van der Waals surface area (Å²) in [6.45, 7) is 14.0. The quantitative estimate of drug-likeness (QED) is 0.193. The fourth-order valence-electron chi connectivity index (χ4n) is 4.84. The molecule has 0 N–H and O–H groups in total. The number of amides is 1. The number of carbonyl (C=O) groups excluding carboxylic acids is 1. The molecule has 0 saturated heterocycles. The second-order valence-electron chi connectivity index (χ2n) is 10.4. The zero-order valence-corrected chi connectivity index (χ0v) is 25.8. The van der Waals surface area contributed by atoms with E-state index in [4.69, 9.17) is 4.98 Å². The number of carbonyl (C=O) groups is 1. The number of aryl methyl sites for hydroxylation is 2. The molecule has 4 rings (SSSR count). The third kappa shape index (κ3) is 6.29. The number of anilines is 1. The summed E-state index contributed by atoms with van der Waals surface area (Å²) in [6, 6.07) is 14.4. The maximum absolute atomic E-state index is 14.0. The van der Waals surface area contributed by atoms with Gasteiger partial charge in [0.15, 0.2) is 5.13 Å². The number of sulfonamides is 1. The second-order valence-corrected chi connectivity index (χ2v) is 13.3. The lowest BCUT2D eigenvalue weighted by molar-refractivity contribution is 0.0985. The average molecular weight is 582 g/mol. The van der Waals surface area contributed by atoms with Crippen LogP contribution in [0.2, 0.25) is 0 Å². The van der Waals surface area contributed by atoms with Crippen LogP contribution in [0.3, 0.4) is 0 Å². The van der Waals surface area contributed by atoms with Crippen molar-refractivity contribution in [1.29, 1.82) is 0 Å². The molecule has 0 bridgehead atoms. The van der Waals surface area contributed by atoms with Crippen LogP contribution < -0.4 is 4.90 Å². The Kier molecular flexibility index (Phi) is 9.43. The molecule has 0 atom stereocenters. The average Bonchev–Trinajstić information content (AvgIpc) is 3.50. The van der Waals surface area contributed by atoms with Gasteiger partial charge < -0.3 is 0 Å². The van der Waals surface area contributed by atoms with Gasteiger partial charge in [-0.3, -0.25) is 14.4 Å². The number of aromatic nitrogens is 3. The van der Waals surface area contributed by atoms with Crippen LogP contribution in [0.5, 0.6) is 0 Å². The van der Waals surface area contributed by atoms with E-state index in [1.807, 2.05) is 50.6 Å². The van der Waals surface area contributed by atoms with E-state index in [9.17, 15) is 13.2 Å². The summed E-state index contributed by atoms with van der Waals surface area (Å²) in [5.74, 6) is 0.0709. The predicted octanol–water partition coefficient (Wildman–Crippen LogP) is 6.39. The Morgan fingerprint density at radius 1 is 1.00 bits per heavy atom. The van der Waals surface area contributed by atoms with Gasteiger partial charge in [0.2, 0.25) is 10.0 Å². The van der Waals surface area contributed by atoms with Crippen molar-refractivity contribution in [3.8, 4) is 0 Å². The third-order valence-electron chi connectivity index (χ3n) is 6.86. The molecule has 0 saturated carbocycles. The number of rotatable bonds is 12. The largest absolute Gasteiger partial charge is 0.282 e. The molecule has 1 amide bonds. The van der Waals surface area contributed by atoms with Crippen LogP contribution in [-0.2, 0) is 16.6 Å². The maximum Gasteiger partial charge on any atom is 0.260 e. The zero-order valence-electron chi connectivity index (χ0n) is 24.2. The van der Waals surface area contributed by atoms with E-state index in [-0.39, 0.29) is 10.8 Å². The van der Waals surface area contributed by atoms with E-state index in [0.29, 0.717) is 42.8 Å². The number of hydrogen-bond acceptors (Lipinski definition) is 6. The number of hydrogen-bond donors (Lipinski definition) is 0. The van der Waals surface area contributed by atoms with E-state index < -0.39 is 10.0 Å². The van der Waals surface area contributed by atoms with E-state index in [1.165, 1.54) is 27.8 Å². The topological polar surface area (TPSA) is 88.4 Å². The van der Waals surface area contributed by atoms with Crippen molar-refractivity contribution in [1.82, 2.24) is 19.1 Å². The molecule has 0 aliphatic heterocycles. The Labute approximate surface area is 241 Å². The van der Waals surface area contributed by atoms with Crippen LogP contribution in [0.4, 0.5) is 5.13 Å². The minimum Gasteiger partial charge on any atom is -0.282 e. The summed E-state index contributed by atoms with van der Waals surface area (Å²) in [6.07, 6.45) is 1.47. The minimum absolute atomic E-state index is 0.196. The Balaban J connectivity index is 1.69. The van der Waals surface area contributed by atoms with Gasteiger partial charge in [0.1, 0.15) is 0 Å². The van der Waals surface area contributed by atoms with Gasteiger partial charge in [-0.2, -0.15) is 9.40 Å². The first-order chi connectivity index (χ1) is 19.1. The van der Waals surface area contributed by atoms with E-state index >= 15 is 0 Å². The lowest BCUT2D eigenvalue weighted by Gasteiger charge is -2.22. The lowest BCUT2D eigenvalue weighted by atomic mass is 10.0. The van der Waals surface area contributed by atoms with Gasteiger partial charge in [-0.05, 0) is 74.6 Å². The van der Waals surface area contributed by atoms with E-state index in [1.54, 1.807) is 17.0 Å². The third-order valence-corrected chi connectivity index (χ3v) is 9.82. The van der Waals surface area contributed by atoms with Gasteiger partial charge in [-0.1, -0.05) is 51.2 Å². The Bertz CT molecular complexity index is 1570. The molecule has 2 aromatic carbocycles. The van der Waals surface area contributed by atoms with Crippen molar-refractivity contribution in [2.45, 2.75) is 71.7 Å². The minimum atomic E-state index is -3.63. The Morgan fingerprint density at radius 2 is 1.68 bits per heavy atom. The van der Waals surface area contributed by atoms with E-state index in [0.717, 1.165) is 40.0 Å². The smallest absolute Gasteiger partial charge is 0.260 e. The number of nitrogens with zero attached hydrogens (tertiary/aromatic N) is 5. The monoisotopic (exact) mass is 581 g/mol. The highest BCUT2D eigenvalue weighted by atomic mass is 32.2. The van der Waals surface area contributed by atoms with Gasteiger partial charge >= 0.3 is 0 Å². The summed E-state index contributed by atoms with van der Waals surface area (Å²) in [7, 11) is -3.63. The predicted molar refractivity (Wildman–Crippen MR) is 163 cm³/mol. The van der Waals surface area contributed by atoms with Crippen LogP contribution in [0, 0.1) is 13.8 Å². The number of para-hydroxylation sites is 1. The fraction of sp³-hybridized carbons (Fsp3) is 0.433. The second kappa shape index (κ2) is 12.6. The lowest BCUT2D eigenvalue weighted by Crippen LogP contribution is -2.34. The Morgan fingerprint density at radius 3 is 2.25 bits per heavy atom. The normalized spacial score (nSPS) is 12.1. The molecule has 0 unspecified atom stereocenters. The van der Waals surface area contributed by atoms with Crippen molar-refractivity contribution < 1.29 is 13.2 Å². The number of benzene rings is 2. The highest BCUT2D eigenvalue weighted by Gasteiger charge is 2.26. The molecule has 0 fully saturated rings. The van der Waals surface area contributed by atoms with Crippen molar-refractivity contribution in [2.24, 2.45) is 0 Å². The van der Waals surface area contributed by atoms with Crippen molar-refractivity contribution in [2.75, 3.05) is 24.5 Å². The fourth-order valence-corrected chi connectivity index (χ4v) is 7.49. The molecule has 0 radical (unpaired) electrons. The summed E-state index contributed by atoms with van der Waals surface area (Å²) < 4.78 is 30.9. The molecule has 40 heavy (non-hydrogen) atoms. The van der Waals surface area contributed by atoms with Gasteiger partial charge in [0, 0.05) is 30.9 Å². The van der Waals surface area contributed by atoms with Gasteiger partial charge in [0.25, 0.3) is 5.91 Å². The molecule has 0 spiro atoms. The summed E-state index contributed by atoms with van der Waals surface area (Å²) in [5, 5.41) is 5.18. The molecule has 2 heterocycles. The van der Waals surface area contributed by atoms with Gasteiger partial charge in [-0.25, -0.2) is 13.4 Å². The summed E-state index contributed by atoms with van der Waals surface area (Å²) >= 11 is 1.49. The first-order valence-corrected chi connectivity index (χ1v) is 16.1. The van der Waals surface area contributed by atoms with Crippen LogP contribution in [0.25, 0.3) is 10.2 Å². The molecule has 8 nitrogen and oxygen atoms in total. The van der Waals surface area contributed by atoms with Crippen LogP contribution >= 0.6 is 11.3 Å². The van der Waals surface area contributed by atoms with Crippen molar-refractivity contribution >= 4 is 42.6 Å². The first-order valence-electron chi connectivity index (χ1n) is 13.9. The SMILES string of the molecule is CCCN(CCC)S(=O)(=O)c1ccc(C(=O)N(CCn2nc(C)cc2C)c2nc3c(C(C)C)cccc3s2)cc1. The molecule has 10 heteroatoms. The van der Waals surface area contributed by atoms with Crippen LogP contribution in [0.1, 0.15) is 73.8 Å². The molecule has 0 aliphatic rings. The van der Waals surface area contributed by atoms with Gasteiger partial charge in [0.05, 0.1) is 27.4 Å². The number of thiazole rings is 1. The van der Waals surface area contributed by atoms with E-state index in [2.05, 4.69) is 25.0 Å². The molecule has 4 aromatic rings. The standard InChI is InChI=1S/C30H39N5O3S2/c1-7-16-33(17-8-2)40(37,38)25-14-12-24(13-15-25)29(36)34(18-19-35-23(6)20-22(5)32-35)30-31-28-26(21(3)4)10-9-11-27(28)39-30/h9-15,20-21H,7-8,16-19H2,1-6H3. The first kappa shape index (κ1) is 29.9.